The SMILES string of the molecule is CC(C)(C)c1cc(CCl)c2cc(Cl)ccc2n1. The van der Waals surface area contributed by atoms with Crippen LogP contribution in [0.4, 0.5) is 0 Å². The number of aromatic nitrogens is 1. The topological polar surface area (TPSA) is 12.9 Å². The second-order valence-electron chi connectivity index (χ2n) is 5.21. The largest absolute Gasteiger partial charge is 0.252 e. The van der Waals surface area contributed by atoms with Gasteiger partial charge in [0.25, 0.3) is 0 Å². The van der Waals surface area contributed by atoms with Gasteiger partial charge in [0, 0.05) is 27.4 Å². The number of alkyl halides is 1. The third-order valence-electron chi connectivity index (χ3n) is 2.77. The highest BCUT2D eigenvalue weighted by atomic mass is 35.5. The van der Waals surface area contributed by atoms with Crippen molar-refractivity contribution in [1.29, 1.82) is 0 Å². The van der Waals surface area contributed by atoms with Crippen molar-refractivity contribution < 1.29 is 0 Å². The first-order valence-electron chi connectivity index (χ1n) is 5.57. The summed E-state index contributed by atoms with van der Waals surface area (Å²) in [5.74, 6) is 0.475. The Balaban J connectivity index is 2.75. The fourth-order valence-corrected chi connectivity index (χ4v) is 2.16. The summed E-state index contributed by atoms with van der Waals surface area (Å²) in [6, 6.07) is 7.81. The highest BCUT2D eigenvalue weighted by Gasteiger charge is 2.17. The number of rotatable bonds is 1. The van der Waals surface area contributed by atoms with Crippen LogP contribution in [0.3, 0.4) is 0 Å². The molecule has 1 nitrogen and oxygen atoms in total. The summed E-state index contributed by atoms with van der Waals surface area (Å²) in [6.45, 7) is 6.44. The molecule has 1 heterocycles. The molecule has 17 heavy (non-hydrogen) atoms. The summed E-state index contributed by atoms with van der Waals surface area (Å²) < 4.78 is 0. The Hall–Kier alpha value is -0.790. The molecule has 0 aliphatic carbocycles. The molecular weight excluding hydrogens is 253 g/mol. The van der Waals surface area contributed by atoms with Crippen LogP contribution in [0.25, 0.3) is 10.9 Å². The minimum atomic E-state index is 0.0225. The zero-order valence-electron chi connectivity index (χ0n) is 10.2. The quantitative estimate of drug-likeness (QED) is 0.668. The van der Waals surface area contributed by atoms with Crippen LogP contribution in [0.5, 0.6) is 0 Å². The lowest BCUT2D eigenvalue weighted by atomic mass is 9.90. The lowest BCUT2D eigenvalue weighted by Crippen LogP contribution is -2.14. The number of benzene rings is 1. The second-order valence-corrected chi connectivity index (χ2v) is 5.92. The van der Waals surface area contributed by atoms with Gasteiger partial charge in [-0.15, -0.1) is 11.6 Å². The van der Waals surface area contributed by atoms with Crippen molar-refractivity contribution >= 4 is 34.1 Å². The first kappa shape index (κ1) is 12.7. The van der Waals surface area contributed by atoms with Crippen LogP contribution in [0.2, 0.25) is 5.02 Å². The van der Waals surface area contributed by atoms with Crippen LogP contribution < -0.4 is 0 Å². The van der Waals surface area contributed by atoms with Crippen LogP contribution in [-0.4, -0.2) is 4.98 Å². The van der Waals surface area contributed by atoms with Crippen LogP contribution in [-0.2, 0) is 11.3 Å². The van der Waals surface area contributed by atoms with Gasteiger partial charge in [-0.25, -0.2) is 0 Å². The van der Waals surface area contributed by atoms with Gasteiger partial charge < -0.3 is 0 Å². The molecule has 0 fully saturated rings. The van der Waals surface area contributed by atoms with Crippen molar-refractivity contribution in [2.45, 2.75) is 32.1 Å². The van der Waals surface area contributed by atoms with Gasteiger partial charge in [-0.05, 0) is 29.8 Å². The predicted molar refractivity (Wildman–Crippen MR) is 75.0 cm³/mol. The standard InChI is InChI=1S/C14H15Cl2N/c1-14(2,3)13-6-9(8-15)11-7-10(16)4-5-12(11)17-13/h4-7H,8H2,1-3H3. The molecule has 3 heteroatoms. The van der Waals surface area contributed by atoms with E-state index >= 15 is 0 Å². The number of hydrogen-bond acceptors (Lipinski definition) is 1. The summed E-state index contributed by atoms with van der Waals surface area (Å²) in [4.78, 5) is 4.68. The molecule has 0 unspecified atom stereocenters. The molecule has 0 aliphatic rings. The molecule has 0 aliphatic heterocycles. The van der Waals surface area contributed by atoms with Gasteiger partial charge in [0.2, 0.25) is 0 Å². The maximum absolute atomic E-state index is 6.01. The molecule has 0 spiro atoms. The average molecular weight is 268 g/mol. The average Bonchev–Trinajstić information content (AvgIpc) is 2.26. The van der Waals surface area contributed by atoms with E-state index in [1.54, 1.807) is 0 Å². The normalized spacial score (nSPS) is 12.1. The minimum absolute atomic E-state index is 0.0225. The number of fused-ring (bicyclic) bond motifs is 1. The van der Waals surface area contributed by atoms with Crippen molar-refractivity contribution in [3.8, 4) is 0 Å². The number of nitrogens with zero attached hydrogens (tertiary/aromatic N) is 1. The number of halogens is 2. The van der Waals surface area contributed by atoms with Gasteiger partial charge in [-0.1, -0.05) is 32.4 Å². The van der Waals surface area contributed by atoms with Crippen molar-refractivity contribution in [2.75, 3.05) is 0 Å². The molecule has 90 valence electrons. The lowest BCUT2D eigenvalue weighted by molar-refractivity contribution is 0.571. The van der Waals surface area contributed by atoms with Crippen molar-refractivity contribution in [3.05, 3.63) is 40.5 Å². The summed E-state index contributed by atoms with van der Waals surface area (Å²) in [7, 11) is 0. The molecule has 0 saturated heterocycles. The monoisotopic (exact) mass is 267 g/mol. The summed E-state index contributed by atoms with van der Waals surface area (Å²) in [5.41, 5.74) is 3.12. The first-order valence-corrected chi connectivity index (χ1v) is 6.48. The summed E-state index contributed by atoms with van der Waals surface area (Å²) >= 11 is 12.0. The van der Waals surface area contributed by atoms with E-state index in [4.69, 9.17) is 23.2 Å². The van der Waals surface area contributed by atoms with Gasteiger partial charge >= 0.3 is 0 Å². The molecule has 0 N–H and O–H groups in total. The highest BCUT2D eigenvalue weighted by molar-refractivity contribution is 6.31. The van der Waals surface area contributed by atoms with Crippen LogP contribution in [0.15, 0.2) is 24.3 Å². The second kappa shape index (κ2) is 4.47. The lowest BCUT2D eigenvalue weighted by Gasteiger charge is -2.19. The highest BCUT2D eigenvalue weighted by Crippen LogP contribution is 2.28. The Morgan fingerprint density at radius 2 is 1.88 bits per heavy atom. The Morgan fingerprint density at radius 1 is 1.18 bits per heavy atom. The van der Waals surface area contributed by atoms with Gasteiger partial charge in [-0.3, -0.25) is 4.98 Å². The maximum atomic E-state index is 6.01. The van der Waals surface area contributed by atoms with E-state index in [0.29, 0.717) is 10.9 Å². The predicted octanol–water partition coefficient (Wildman–Crippen LogP) is 4.92. The summed E-state index contributed by atoms with van der Waals surface area (Å²) in [5, 5.41) is 1.76. The fraction of sp³-hybridized carbons (Fsp3) is 0.357. The van der Waals surface area contributed by atoms with Crippen molar-refractivity contribution in [1.82, 2.24) is 4.98 Å². The minimum Gasteiger partial charge on any atom is -0.252 e. The molecule has 0 amide bonds. The zero-order chi connectivity index (χ0) is 12.6. The van der Waals surface area contributed by atoms with Gasteiger partial charge in [0.15, 0.2) is 0 Å². The number of pyridine rings is 1. The Labute approximate surface area is 112 Å². The van der Waals surface area contributed by atoms with Crippen molar-refractivity contribution in [2.24, 2.45) is 0 Å². The molecule has 2 aromatic rings. The molecule has 0 saturated carbocycles. The van der Waals surface area contributed by atoms with E-state index in [2.05, 4.69) is 31.8 Å². The molecule has 0 bridgehead atoms. The Kier molecular flexibility index (Phi) is 3.33. The fourth-order valence-electron chi connectivity index (χ4n) is 1.76. The Morgan fingerprint density at radius 3 is 2.47 bits per heavy atom. The molecule has 1 aromatic carbocycles. The van der Waals surface area contributed by atoms with E-state index in [1.165, 1.54) is 0 Å². The van der Waals surface area contributed by atoms with Crippen LogP contribution in [0.1, 0.15) is 32.0 Å². The van der Waals surface area contributed by atoms with E-state index in [0.717, 1.165) is 22.2 Å². The molecule has 1 aromatic heterocycles. The number of hydrogen-bond donors (Lipinski definition) is 0. The molecule has 2 rings (SSSR count). The van der Waals surface area contributed by atoms with Gasteiger partial charge in [0.05, 0.1) is 5.52 Å². The van der Waals surface area contributed by atoms with Crippen LogP contribution in [0, 0.1) is 0 Å². The van der Waals surface area contributed by atoms with Crippen LogP contribution >= 0.6 is 23.2 Å². The van der Waals surface area contributed by atoms with E-state index < -0.39 is 0 Å². The molecular formula is C14H15Cl2N. The zero-order valence-corrected chi connectivity index (χ0v) is 11.7. The Bertz CT molecular complexity index is 556. The molecule has 0 radical (unpaired) electrons. The third kappa shape index (κ3) is 2.56. The van der Waals surface area contributed by atoms with E-state index in [-0.39, 0.29) is 5.41 Å². The smallest absolute Gasteiger partial charge is 0.0709 e. The molecule has 0 atom stereocenters. The third-order valence-corrected chi connectivity index (χ3v) is 3.29. The van der Waals surface area contributed by atoms with Gasteiger partial charge in [0.1, 0.15) is 0 Å². The van der Waals surface area contributed by atoms with E-state index in [1.807, 2.05) is 18.2 Å². The summed E-state index contributed by atoms with van der Waals surface area (Å²) in [6.07, 6.45) is 0. The van der Waals surface area contributed by atoms with E-state index in [9.17, 15) is 0 Å². The van der Waals surface area contributed by atoms with Gasteiger partial charge in [-0.2, -0.15) is 0 Å². The van der Waals surface area contributed by atoms with Crippen molar-refractivity contribution in [3.63, 3.8) is 0 Å². The first-order chi connectivity index (χ1) is 7.91. The maximum Gasteiger partial charge on any atom is 0.0709 e.